The monoisotopic (exact) mass is 264 g/mol. The van der Waals surface area contributed by atoms with Crippen LogP contribution in [-0.2, 0) is 9.53 Å². The molecule has 3 N–H and O–H groups in total. The summed E-state index contributed by atoms with van der Waals surface area (Å²) in [4.78, 5) is 12.1. The van der Waals surface area contributed by atoms with E-state index in [2.05, 4.69) is 5.32 Å². The number of carbonyl (C=O) groups is 1. The van der Waals surface area contributed by atoms with Crippen molar-refractivity contribution in [2.24, 2.45) is 11.7 Å². The molecule has 1 aromatic carbocycles. The molecule has 5 nitrogen and oxygen atoms in total. The third-order valence-electron chi connectivity index (χ3n) is 3.43. The Kier molecular flexibility index (Phi) is 4.76. The molecule has 0 bridgehead atoms. The first-order valence-electron chi connectivity index (χ1n) is 6.49. The Morgan fingerprint density at radius 2 is 2.00 bits per heavy atom. The maximum atomic E-state index is 12.1. The first-order valence-corrected chi connectivity index (χ1v) is 6.49. The molecule has 19 heavy (non-hydrogen) atoms. The molecule has 1 amide bonds. The largest absolute Gasteiger partial charge is 0.497 e. The van der Waals surface area contributed by atoms with Gasteiger partial charge in [-0.3, -0.25) is 4.79 Å². The molecule has 1 heterocycles. The van der Waals surface area contributed by atoms with Crippen LogP contribution in [0.1, 0.15) is 12.8 Å². The Morgan fingerprint density at radius 1 is 1.37 bits per heavy atom. The van der Waals surface area contributed by atoms with Crippen LogP contribution in [0.25, 0.3) is 0 Å². The fourth-order valence-corrected chi connectivity index (χ4v) is 2.19. The second-order valence-corrected chi connectivity index (χ2v) is 4.69. The van der Waals surface area contributed by atoms with Crippen molar-refractivity contribution in [2.45, 2.75) is 18.9 Å². The zero-order chi connectivity index (χ0) is 13.7. The first-order chi connectivity index (χ1) is 9.20. The molecule has 1 fully saturated rings. The molecule has 0 saturated carbocycles. The van der Waals surface area contributed by atoms with Crippen LogP contribution in [0.3, 0.4) is 0 Å². The number of hydrogen-bond donors (Lipinski definition) is 2. The van der Waals surface area contributed by atoms with Gasteiger partial charge in [0.1, 0.15) is 5.75 Å². The first kappa shape index (κ1) is 13.8. The van der Waals surface area contributed by atoms with Crippen LogP contribution in [0.5, 0.6) is 5.75 Å². The Labute approximate surface area is 113 Å². The van der Waals surface area contributed by atoms with Crippen molar-refractivity contribution in [1.82, 2.24) is 0 Å². The van der Waals surface area contributed by atoms with Gasteiger partial charge >= 0.3 is 0 Å². The number of carbonyl (C=O) groups excluding carboxylic acids is 1. The zero-order valence-electron chi connectivity index (χ0n) is 11.1. The van der Waals surface area contributed by atoms with Crippen molar-refractivity contribution in [3.05, 3.63) is 24.3 Å². The second kappa shape index (κ2) is 6.54. The maximum Gasteiger partial charge on any atom is 0.241 e. The summed E-state index contributed by atoms with van der Waals surface area (Å²) in [5.74, 6) is 0.816. The van der Waals surface area contributed by atoms with Gasteiger partial charge in [0.25, 0.3) is 0 Å². The number of benzene rings is 1. The van der Waals surface area contributed by atoms with E-state index in [0.717, 1.165) is 24.3 Å². The topological polar surface area (TPSA) is 73.6 Å². The van der Waals surface area contributed by atoms with Gasteiger partial charge in [-0.15, -0.1) is 0 Å². The van der Waals surface area contributed by atoms with Crippen LogP contribution in [0.4, 0.5) is 5.69 Å². The molecule has 1 atom stereocenters. The quantitative estimate of drug-likeness (QED) is 0.862. The molecule has 1 unspecified atom stereocenters. The van der Waals surface area contributed by atoms with Crippen LogP contribution in [-0.4, -0.2) is 32.3 Å². The summed E-state index contributed by atoms with van der Waals surface area (Å²) in [6.07, 6.45) is 1.69. The summed E-state index contributed by atoms with van der Waals surface area (Å²) in [6.45, 7) is 1.38. The van der Waals surface area contributed by atoms with Crippen LogP contribution in [0.15, 0.2) is 24.3 Å². The van der Waals surface area contributed by atoms with Gasteiger partial charge in [-0.2, -0.15) is 0 Å². The number of ether oxygens (including phenoxy) is 2. The molecule has 1 aliphatic heterocycles. The van der Waals surface area contributed by atoms with Crippen molar-refractivity contribution in [2.75, 3.05) is 25.6 Å². The lowest BCUT2D eigenvalue weighted by Gasteiger charge is -2.26. The summed E-state index contributed by atoms with van der Waals surface area (Å²) in [6, 6.07) is 6.72. The van der Waals surface area contributed by atoms with Crippen molar-refractivity contribution in [3.8, 4) is 5.75 Å². The molecule has 0 spiro atoms. The van der Waals surface area contributed by atoms with E-state index in [0.29, 0.717) is 13.2 Å². The standard InChI is InChI=1S/C14H20N2O3/c1-18-12-4-2-11(3-5-12)16-14(17)13(15)10-6-8-19-9-7-10/h2-5,10,13H,6-9,15H2,1H3,(H,16,17). The number of hydrogen-bond acceptors (Lipinski definition) is 4. The zero-order valence-corrected chi connectivity index (χ0v) is 11.1. The van der Waals surface area contributed by atoms with Crippen molar-refractivity contribution in [3.63, 3.8) is 0 Å². The predicted octanol–water partition coefficient (Wildman–Crippen LogP) is 1.39. The molecule has 1 saturated heterocycles. The number of amides is 1. The van der Waals surface area contributed by atoms with Gasteiger partial charge < -0.3 is 20.5 Å². The molecule has 1 aromatic rings. The third-order valence-corrected chi connectivity index (χ3v) is 3.43. The molecule has 104 valence electrons. The minimum Gasteiger partial charge on any atom is -0.497 e. The third kappa shape index (κ3) is 3.68. The Balaban J connectivity index is 1.91. The Bertz CT molecular complexity index is 413. The van der Waals surface area contributed by atoms with Gasteiger partial charge in [0.2, 0.25) is 5.91 Å². The summed E-state index contributed by atoms with van der Waals surface area (Å²) in [7, 11) is 1.61. The lowest BCUT2D eigenvalue weighted by Crippen LogP contribution is -2.43. The molecular weight excluding hydrogens is 244 g/mol. The SMILES string of the molecule is COc1ccc(NC(=O)C(N)C2CCOCC2)cc1. The second-order valence-electron chi connectivity index (χ2n) is 4.69. The fourth-order valence-electron chi connectivity index (χ4n) is 2.19. The summed E-state index contributed by atoms with van der Waals surface area (Å²) in [5.41, 5.74) is 6.73. The van der Waals surface area contributed by atoms with E-state index in [1.807, 2.05) is 0 Å². The normalized spacial score (nSPS) is 17.8. The molecule has 0 aromatic heterocycles. The highest BCUT2D eigenvalue weighted by Gasteiger charge is 2.26. The summed E-state index contributed by atoms with van der Waals surface area (Å²) in [5, 5.41) is 2.83. The number of nitrogens with one attached hydrogen (secondary N) is 1. The number of methoxy groups -OCH3 is 1. The van der Waals surface area contributed by atoms with Crippen molar-refractivity contribution < 1.29 is 14.3 Å². The lowest BCUT2D eigenvalue weighted by atomic mass is 9.92. The lowest BCUT2D eigenvalue weighted by molar-refractivity contribution is -0.119. The molecular formula is C14H20N2O3. The molecule has 0 aliphatic carbocycles. The average Bonchev–Trinajstić information content (AvgIpc) is 2.48. The molecule has 5 heteroatoms. The van der Waals surface area contributed by atoms with E-state index in [9.17, 15) is 4.79 Å². The summed E-state index contributed by atoms with van der Waals surface area (Å²) >= 11 is 0. The van der Waals surface area contributed by atoms with E-state index in [1.165, 1.54) is 0 Å². The van der Waals surface area contributed by atoms with Crippen molar-refractivity contribution >= 4 is 11.6 Å². The minimum absolute atomic E-state index is 0.142. The minimum atomic E-state index is -0.481. The highest BCUT2D eigenvalue weighted by Crippen LogP contribution is 2.20. The van der Waals surface area contributed by atoms with Crippen LogP contribution < -0.4 is 15.8 Å². The highest BCUT2D eigenvalue weighted by atomic mass is 16.5. The van der Waals surface area contributed by atoms with Gasteiger partial charge in [0.05, 0.1) is 13.2 Å². The maximum absolute atomic E-state index is 12.1. The van der Waals surface area contributed by atoms with Gasteiger partial charge in [-0.1, -0.05) is 0 Å². The van der Waals surface area contributed by atoms with Crippen LogP contribution in [0, 0.1) is 5.92 Å². The van der Waals surface area contributed by atoms with Crippen LogP contribution >= 0.6 is 0 Å². The smallest absolute Gasteiger partial charge is 0.241 e. The van der Waals surface area contributed by atoms with Gasteiger partial charge in [0, 0.05) is 18.9 Å². The number of nitrogens with two attached hydrogens (primary N) is 1. The Morgan fingerprint density at radius 3 is 2.58 bits per heavy atom. The van der Waals surface area contributed by atoms with E-state index >= 15 is 0 Å². The molecule has 2 rings (SSSR count). The predicted molar refractivity (Wildman–Crippen MR) is 73.1 cm³/mol. The molecule has 0 radical (unpaired) electrons. The highest BCUT2D eigenvalue weighted by molar-refractivity contribution is 5.94. The van der Waals surface area contributed by atoms with E-state index < -0.39 is 6.04 Å². The Hall–Kier alpha value is -1.59. The van der Waals surface area contributed by atoms with Gasteiger partial charge in [-0.25, -0.2) is 0 Å². The van der Waals surface area contributed by atoms with Gasteiger partial charge in [-0.05, 0) is 43.0 Å². The van der Waals surface area contributed by atoms with Crippen molar-refractivity contribution in [1.29, 1.82) is 0 Å². The number of rotatable bonds is 4. The fraction of sp³-hybridized carbons (Fsp3) is 0.500. The van der Waals surface area contributed by atoms with Gasteiger partial charge in [0.15, 0.2) is 0 Å². The van der Waals surface area contributed by atoms with E-state index in [-0.39, 0.29) is 11.8 Å². The number of anilines is 1. The van der Waals surface area contributed by atoms with E-state index in [1.54, 1.807) is 31.4 Å². The van der Waals surface area contributed by atoms with Crippen LogP contribution in [0.2, 0.25) is 0 Å². The van der Waals surface area contributed by atoms with E-state index in [4.69, 9.17) is 15.2 Å². The average molecular weight is 264 g/mol. The molecule has 1 aliphatic rings. The summed E-state index contributed by atoms with van der Waals surface area (Å²) < 4.78 is 10.3.